The summed E-state index contributed by atoms with van der Waals surface area (Å²) in [4.78, 5) is 19.7. The first-order valence-corrected chi connectivity index (χ1v) is 9.49. The third-order valence-corrected chi connectivity index (χ3v) is 5.09. The van der Waals surface area contributed by atoms with Crippen molar-refractivity contribution in [2.45, 2.75) is 0 Å². The summed E-state index contributed by atoms with van der Waals surface area (Å²) in [6, 6.07) is 14.8. The highest BCUT2D eigenvalue weighted by atomic mass is 35.5. The second-order valence-electron chi connectivity index (χ2n) is 5.71. The number of benzene rings is 2. The van der Waals surface area contributed by atoms with Crippen molar-refractivity contribution in [2.24, 2.45) is 4.99 Å². The monoisotopic (exact) mass is 402 g/mol. The predicted molar refractivity (Wildman–Crippen MR) is 111 cm³/mol. The van der Waals surface area contributed by atoms with Gasteiger partial charge in [0.05, 0.1) is 30.9 Å². The molecule has 140 valence electrons. The molecule has 0 atom stereocenters. The van der Waals surface area contributed by atoms with Crippen LogP contribution in [0.3, 0.4) is 0 Å². The molecular formula is C20H19ClN2O3S. The van der Waals surface area contributed by atoms with E-state index in [4.69, 9.17) is 21.1 Å². The van der Waals surface area contributed by atoms with Crippen molar-refractivity contribution < 1.29 is 14.3 Å². The minimum atomic E-state index is -0.0933. The first-order chi connectivity index (χ1) is 13.1. The van der Waals surface area contributed by atoms with E-state index in [1.54, 1.807) is 25.2 Å². The maximum absolute atomic E-state index is 12.8. The SMILES string of the molecule is COCCN1C(=O)/C(=C/c2cccc(Cl)c2)SC1=Nc1ccc(OC)cc1. The minimum Gasteiger partial charge on any atom is -0.497 e. The van der Waals surface area contributed by atoms with Gasteiger partial charge < -0.3 is 9.47 Å². The van der Waals surface area contributed by atoms with Gasteiger partial charge in [-0.05, 0) is 59.8 Å². The topological polar surface area (TPSA) is 51.1 Å². The highest BCUT2D eigenvalue weighted by Gasteiger charge is 2.33. The van der Waals surface area contributed by atoms with Crippen LogP contribution in [0, 0.1) is 0 Å². The minimum absolute atomic E-state index is 0.0933. The Hall–Kier alpha value is -2.28. The number of amidine groups is 1. The van der Waals surface area contributed by atoms with Gasteiger partial charge in [0.1, 0.15) is 5.75 Å². The van der Waals surface area contributed by atoms with Crippen LogP contribution in [0.25, 0.3) is 6.08 Å². The van der Waals surface area contributed by atoms with Gasteiger partial charge in [-0.1, -0.05) is 23.7 Å². The van der Waals surface area contributed by atoms with Crippen LogP contribution in [0.4, 0.5) is 5.69 Å². The lowest BCUT2D eigenvalue weighted by Gasteiger charge is -2.14. The molecule has 5 nitrogen and oxygen atoms in total. The van der Waals surface area contributed by atoms with Crippen molar-refractivity contribution in [3.8, 4) is 5.75 Å². The number of nitrogens with zero attached hydrogens (tertiary/aromatic N) is 2. The standard InChI is InChI=1S/C20H19ClN2O3S/c1-25-11-10-23-19(24)18(13-14-4-3-5-15(21)12-14)27-20(23)22-16-6-8-17(26-2)9-7-16/h3-9,12-13H,10-11H2,1-2H3/b18-13-,22-20?. The molecule has 1 heterocycles. The number of aliphatic imine (C=N–C) groups is 1. The van der Waals surface area contributed by atoms with Crippen LogP contribution in [0.5, 0.6) is 5.75 Å². The molecule has 27 heavy (non-hydrogen) atoms. The van der Waals surface area contributed by atoms with Crippen molar-refractivity contribution in [3.05, 3.63) is 64.0 Å². The number of carbonyl (C=O) groups excluding carboxylic acids is 1. The zero-order chi connectivity index (χ0) is 19.2. The number of halogens is 1. The van der Waals surface area contributed by atoms with E-state index < -0.39 is 0 Å². The molecule has 0 radical (unpaired) electrons. The van der Waals surface area contributed by atoms with E-state index in [0.29, 0.717) is 28.2 Å². The Morgan fingerprint density at radius 3 is 2.63 bits per heavy atom. The molecule has 1 amide bonds. The predicted octanol–water partition coefficient (Wildman–Crippen LogP) is 4.60. The number of ether oxygens (including phenoxy) is 2. The van der Waals surface area contributed by atoms with Gasteiger partial charge in [0.15, 0.2) is 5.17 Å². The maximum atomic E-state index is 12.8. The van der Waals surface area contributed by atoms with Gasteiger partial charge in [0, 0.05) is 12.1 Å². The highest BCUT2D eigenvalue weighted by Crippen LogP contribution is 2.34. The van der Waals surface area contributed by atoms with Crippen molar-refractivity contribution >= 4 is 46.2 Å². The molecule has 1 fully saturated rings. The van der Waals surface area contributed by atoms with E-state index in [1.807, 2.05) is 48.5 Å². The quantitative estimate of drug-likeness (QED) is 0.662. The molecule has 0 aromatic heterocycles. The van der Waals surface area contributed by atoms with Gasteiger partial charge in [0.2, 0.25) is 0 Å². The number of rotatable bonds is 6. The van der Waals surface area contributed by atoms with Crippen molar-refractivity contribution in [1.29, 1.82) is 0 Å². The fourth-order valence-electron chi connectivity index (χ4n) is 2.49. The van der Waals surface area contributed by atoms with Crippen molar-refractivity contribution in [3.63, 3.8) is 0 Å². The molecule has 0 unspecified atom stereocenters. The fourth-order valence-corrected chi connectivity index (χ4v) is 3.71. The zero-order valence-corrected chi connectivity index (χ0v) is 16.6. The van der Waals surface area contributed by atoms with E-state index in [1.165, 1.54) is 11.8 Å². The van der Waals surface area contributed by atoms with Gasteiger partial charge in [-0.25, -0.2) is 4.99 Å². The van der Waals surface area contributed by atoms with Crippen LogP contribution in [-0.4, -0.2) is 43.3 Å². The average Bonchev–Trinajstić information content (AvgIpc) is 2.95. The Kier molecular flexibility index (Phi) is 6.55. The van der Waals surface area contributed by atoms with Crippen LogP contribution in [0.2, 0.25) is 5.02 Å². The second-order valence-corrected chi connectivity index (χ2v) is 7.15. The molecule has 1 aliphatic heterocycles. The first kappa shape index (κ1) is 19.5. The smallest absolute Gasteiger partial charge is 0.266 e. The number of hydrogen-bond donors (Lipinski definition) is 0. The zero-order valence-electron chi connectivity index (χ0n) is 15.0. The maximum Gasteiger partial charge on any atom is 0.266 e. The average molecular weight is 403 g/mol. The number of methoxy groups -OCH3 is 2. The molecule has 2 aromatic rings. The summed E-state index contributed by atoms with van der Waals surface area (Å²) in [6.07, 6.45) is 1.83. The number of amides is 1. The Morgan fingerprint density at radius 1 is 1.19 bits per heavy atom. The van der Waals surface area contributed by atoms with E-state index in [2.05, 4.69) is 4.99 Å². The lowest BCUT2D eigenvalue weighted by atomic mass is 10.2. The van der Waals surface area contributed by atoms with Crippen LogP contribution < -0.4 is 4.74 Å². The van der Waals surface area contributed by atoms with E-state index in [9.17, 15) is 4.79 Å². The fraction of sp³-hybridized carbons (Fsp3) is 0.200. The van der Waals surface area contributed by atoms with Crippen LogP contribution in [-0.2, 0) is 9.53 Å². The Balaban J connectivity index is 1.91. The Bertz CT molecular complexity index is 881. The summed E-state index contributed by atoms with van der Waals surface area (Å²) in [5, 5.41) is 1.25. The molecule has 0 aliphatic carbocycles. The molecule has 0 saturated carbocycles. The van der Waals surface area contributed by atoms with Crippen LogP contribution in [0.1, 0.15) is 5.56 Å². The molecule has 0 bridgehead atoms. The highest BCUT2D eigenvalue weighted by molar-refractivity contribution is 8.18. The van der Waals surface area contributed by atoms with Gasteiger partial charge in [-0.3, -0.25) is 9.69 Å². The Labute approximate surface area is 167 Å². The summed E-state index contributed by atoms with van der Waals surface area (Å²) < 4.78 is 10.3. The second kappa shape index (κ2) is 9.08. The van der Waals surface area contributed by atoms with Gasteiger partial charge in [0.25, 0.3) is 5.91 Å². The number of thioether (sulfide) groups is 1. The molecule has 2 aromatic carbocycles. The molecular weight excluding hydrogens is 384 g/mol. The summed E-state index contributed by atoms with van der Waals surface area (Å²) >= 11 is 7.38. The molecule has 1 saturated heterocycles. The van der Waals surface area contributed by atoms with E-state index in [-0.39, 0.29) is 5.91 Å². The molecule has 3 rings (SSSR count). The van der Waals surface area contributed by atoms with E-state index >= 15 is 0 Å². The largest absolute Gasteiger partial charge is 0.497 e. The summed E-state index contributed by atoms with van der Waals surface area (Å²) in [7, 11) is 3.22. The first-order valence-electron chi connectivity index (χ1n) is 8.29. The summed E-state index contributed by atoms with van der Waals surface area (Å²) in [5.41, 5.74) is 1.62. The lowest BCUT2D eigenvalue weighted by Crippen LogP contribution is -2.32. The van der Waals surface area contributed by atoms with Crippen molar-refractivity contribution in [2.75, 3.05) is 27.4 Å². The Morgan fingerprint density at radius 2 is 1.96 bits per heavy atom. The number of carbonyl (C=O) groups is 1. The summed E-state index contributed by atoms with van der Waals surface area (Å²) in [5.74, 6) is 0.663. The number of hydrogen-bond acceptors (Lipinski definition) is 5. The molecule has 0 spiro atoms. The van der Waals surface area contributed by atoms with Crippen LogP contribution >= 0.6 is 23.4 Å². The van der Waals surface area contributed by atoms with Crippen LogP contribution in [0.15, 0.2) is 58.4 Å². The van der Waals surface area contributed by atoms with Gasteiger partial charge in [-0.2, -0.15) is 0 Å². The van der Waals surface area contributed by atoms with E-state index in [0.717, 1.165) is 17.0 Å². The third-order valence-electron chi connectivity index (χ3n) is 3.85. The summed E-state index contributed by atoms with van der Waals surface area (Å²) in [6.45, 7) is 0.864. The normalized spacial score (nSPS) is 17.1. The molecule has 0 N–H and O–H groups in total. The van der Waals surface area contributed by atoms with Crippen molar-refractivity contribution in [1.82, 2.24) is 4.90 Å². The molecule has 7 heteroatoms. The van der Waals surface area contributed by atoms with Gasteiger partial charge in [-0.15, -0.1) is 0 Å². The van der Waals surface area contributed by atoms with Gasteiger partial charge >= 0.3 is 0 Å². The molecule has 1 aliphatic rings. The lowest BCUT2D eigenvalue weighted by molar-refractivity contribution is -0.122. The third kappa shape index (κ3) is 4.91.